The fourth-order valence-electron chi connectivity index (χ4n) is 3.03. The van der Waals surface area contributed by atoms with Crippen LogP contribution in [0, 0.1) is 5.92 Å². The van der Waals surface area contributed by atoms with E-state index in [-0.39, 0.29) is 0 Å². The van der Waals surface area contributed by atoms with Crippen LogP contribution in [0.25, 0.3) is 0 Å². The molecule has 2 atom stereocenters. The van der Waals surface area contributed by atoms with Crippen molar-refractivity contribution in [2.24, 2.45) is 5.92 Å². The lowest BCUT2D eigenvalue weighted by Gasteiger charge is -2.28. The molecule has 1 saturated heterocycles. The van der Waals surface area contributed by atoms with Gasteiger partial charge < -0.3 is 10.1 Å². The summed E-state index contributed by atoms with van der Waals surface area (Å²) in [5.74, 6) is 1.92. The Morgan fingerprint density at radius 3 is 3.13 bits per heavy atom. The van der Waals surface area contributed by atoms with Crippen LogP contribution in [0.15, 0.2) is 18.2 Å². The van der Waals surface area contributed by atoms with Gasteiger partial charge in [-0.05, 0) is 48.9 Å². The quantitative estimate of drug-likeness (QED) is 0.751. The minimum Gasteiger partial charge on any atom is -0.496 e. The van der Waals surface area contributed by atoms with Crippen LogP contribution < -0.4 is 10.1 Å². The van der Waals surface area contributed by atoms with Gasteiger partial charge in [-0.1, -0.05) is 12.1 Å². The number of methoxy groups -OCH3 is 1. The van der Waals surface area contributed by atoms with E-state index in [1.165, 1.54) is 30.5 Å². The average molecular weight is 203 g/mol. The molecule has 2 aliphatic rings. The molecule has 1 aromatic carbocycles. The highest BCUT2D eigenvalue weighted by molar-refractivity contribution is 5.43. The minimum atomic E-state index is 0.689. The van der Waals surface area contributed by atoms with Gasteiger partial charge >= 0.3 is 0 Å². The van der Waals surface area contributed by atoms with Crippen molar-refractivity contribution in [3.8, 4) is 5.75 Å². The Kier molecular flexibility index (Phi) is 2.17. The normalized spacial score (nSPS) is 28.3. The van der Waals surface area contributed by atoms with Crippen molar-refractivity contribution in [1.82, 2.24) is 5.32 Å². The van der Waals surface area contributed by atoms with E-state index in [0.717, 1.165) is 18.1 Å². The minimum absolute atomic E-state index is 0.689. The third-order valence-electron chi connectivity index (χ3n) is 3.85. The summed E-state index contributed by atoms with van der Waals surface area (Å²) >= 11 is 0. The number of benzene rings is 1. The van der Waals surface area contributed by atoms with Crippen LogP contribution >= 0.6 is 0 Å². The Labute approximate surface area is 90.6 Å². The molecule has 2 nitrogen and oxygen atoms in total. The van der Waals surface area contributed by atoms with Crippen LogP contribution in [0.4, 0.5) is 0 Å². The molecule has 0 radical (unpaired) electrons. The second-order valence-corrected chi connectivity index (χ2v) is 4.62. The topological polar surface area (TPSA) is 21.3 Å². The second kappa shape index (κ2) is 3.53. The van der Waals surface area contributed by atoms with E-state index < -0.39 is 0 Å². The number of rotatable bonds is 1. The summed E-state index contributed by atoms with van der Waals surface area (Å²) in [7, 11) is 1.77. The van der Waals surface area contributed by atoms with Crippen molar-refractivity contribution in [3.05, 3.63) is 29.3 Å². The first-order valence-electron chi connectivity index (χ1n) is 5.76. The molecule has 0 unspecified atom stereocenters. The van der Waals surface area contributed by atoms with Crippen molar-refractivity contribution in [3.63, 3.8) is 0 Å². The van der Waals surface area contributed by atoms with E-state index in [2.05, 4.69) is 23.5 Å². The van der Waals surface area contributed by atoms with Gasteiger partial charge in [0.15, 0.2) is 0 Å². The molecule has 0 bridgehead atoms. The molecule has 1 aromatic rings. The van der Waals surface area contributed by atoms with Gasteiger partial charge in [-0.15, -0.1) is 0 Å². The largest absolute Gasteiger partial charge is 0.496 e. The van der Waals surface area contributed by atoms with Gasteiger partial charge in [0.25, 0.3) is 0 Å². The van der Waals surface area contributed by atoms with Crippen LogP contribution in [0.3, 0.4) is 0 Å². The lowest BCUT2D eigenvalue weighted by Crippen LogP contribution is -2.34. The van der Waals surface area contributed by atoms with Crippen molar-refractivity contribution in [2.75, 3.05) is 13.7 Å². The molecular weight excluding hydrogens is 186 g/mol. The maximum absolute atomic E-state index is 5.43. The highest BCUT2D eigenvalue weighted by Gasteiger charge is 2.32. The molecular formula is C13H17NO. The van der Waals surface area contributed by atoms with E-state index in [1.54, 1.807) is 7.11 Å². The van der Waals surface area contributed by atoms with E-state index in [0.29, 0.717) is 6.04 Å². The summed E-state index contributed by atoms with van der Waals surface area (Å²) in [5, 5.41) is 3.60. The molecule has 1 fully saturated rings. The van der Waals surface area contributed by atoms with Crippen LogP contribution in [-0.2, 0) is 12.8 Å². The highest BCUT2D eigenvalue weighted by atomic mass is 16.5. The Balaban J connectivity index is 1.99. The number of nitrogens with one attached hydrogen (secondary N) is 1. The Hall–Kier alpha value is -1.02. The Morgan fingerprint density at radius 2 is 2.27 bits per heavy atom. The zero-order valence-electron chi connectivity index (χ0n) is 9.12. The molecule has 1 aliphatic carbocycles. The fraction of sp³-hybridized carbons (Fsp3) is 0.538. The second-order valence-electron chi connectivity index (χ2n) is 4.62. The summed E-state index contributed by atoms with van der Waals surface area (Å²) in [6.07, 6.45) is 3.70. The van der Waals surface area contributed by atoms with Crippen molar-refractivity contribution in [2.45, 2.75) is 25.3 Å². The Bertz CT molecular complexity index is 375. The molecule has 0 aromatic heterocycles. The first-order chi connectivity index (χ1) is 7.38. The lowest BCUT2D eigenvalue weighted by molar-refractivity contribution is 0.381. The smallest absolute Gasteiger partial charge is 0.122 e. The summed E-state index contributed by atoms with van der Waals surface area (Å²) in [6, 6.07) is 7.13. The molecule has 80 valence electrons. The highest BCUT2D eigenvalue weighted by Crippen LogP contribution is 2.35. The third-order valence-corrected chi connectivity index (χ3v) is 3.85. The van der Waals surface area contributed by atoms with Gasteiger partial charge in [0.2, 0.25) is 0 Å². The van der Waals surface area contributed by atoms with Crippen LogP contribution in [0.2, 0.25) is 0 Å². The van der Waals surface area contributed by atoms with Crippen LogP contribution in [0.1, 0.15) is 17.5 Å². The zero-order valence-corrected chi connectivity index (χ0v) is 9.12. The summed E-state index contributed by atoms with van der Waals surface area (Å²) in [6.45, 7) is 1.19. The molecule has 0 spiro atoms. The summed E-state index contributed by atoms with van der Waals surface area (Å²) in [5.41, 5.74) is 2.93. The van der Waals surface area contributed by atoms with E-state index in [9.17, 15) is 0 Å². The van der Waals surface area contributed by atoms with Gasteiger partial charge in [0.1, 0.15) is 5.75 Å². The average Bonchev–Trinajstić information content (AvgIpc) is 2.72. The van der Waals surface area contributed by atoms with Crippen LogP contribution in [0.5, 0.6) is 5.75 Å². The first-order valence-corrected chi connectivity index (χ1v) is 5.76. The van der Waals surface area contributed by atoms with E-state index in [4.69, 9.17) is 4.74 Å². The zero-order chi connectivity index (χ0) is 10.3. The van der Waals surface area contributed by atoms with E-state index >= 15 is 0 Å². The fourth-order valence-corrected chi connectivity index (χ4v) is 3.03. The number of fused-ring (bicyclic) bond motifs is 2. The molecule has 1 heterocycles. The molecule has 0 amide bonds. The standard InChI is InChI=1S/C13H17NO/c1-15-13-4-2-3-9-7-10-5-6-14-12(10)8-11(9)13/h2-4,10,12,14H,5-8H2,1H3/t10-,12-/m0/s1. The molecule has 0 saturated carbocycles. The Morgan fingerprint density at radius 1 is 1.33 bits per heavy atom. The van der Waals surface area contributed by atoms with Crippen molar-refractivity contribution >= 4 is 0 Å². The van der Waals surface area contributed by atoms with Gasteiger partial charge in [-0.3, -0.25) is 0 Å². The SMILES string of the molecule is COc1cccc2c1C[C@@H]1NCC[C@H]1C2. The predicted molar refractivity (Wildman–Crippen MR) is 60.3 cm³/mol. The maximum atomic E-state index is 5.43. The number of ether oxygens (including phenoxy) is 1. The maximum Gasteiger partial charge on any atom is 0.122 e. The summed E-state index contributed by atoms with van der Waals surface area (Å²) in [4.78, 5) is 0. The van der Waals surface area contributed by atoms with Gasteiger partial charge in [-0.25, -0.2) is 0 Å². The van der Waals surface area contributed by atoms with Crippen LogP contribution in [-0.4, -0.2) is 19.7 Å². The van der Waals surface area contributed by atoms with E-state index in [1.807, 2.05) is 0 Å². The predicted octanol–water partition coefficient (Wildman–Crippen LogP) is 1.77. The lowest BCUT2D eigenvalue weighted by atomic mass is 9.80. The summed E-state index contributed by atoms with van der Waals surface area (Å²) < 4.78 is 5.43. The van der Waals surface area contributed by atoms with Gasteiger partial charge in [-0.2, -0.15) is 0 Å². The number of hydrogen-bond donors (Lipinski definition) is 1. The molecule has 15 heavy (non-hydrogen) atoms. The van der Waals surface area contributed by atoms with Gasteiger partial charge in [0.05, 0.1) is 7.11 Å². The molecule has 2 heteroatoms. The molecule has 1 aliphatic heterocycles. The molecule has 3 rings (SSSR count). The van der Waals surface area contributed by atoms with Crippen molar-refractivity contribution < 1.29 is 4.74 Å². The van der Waals surface area contributed by atoms with Gasteiger partial charge in [0, 0.05) is 6.04 Å². The number of hydrogen-bond acceptors (Lipinski definition) is 2. The molecule has 1 N–H and O–H groups in total. The van der Waals surface area contributed by atoms with Crippen molar-refractivity contribution in [1.29, 1.82) is 0 Å². The monoisotopic (exact) mass is 203 g/mol. The third kappa shape index (κ3) is 1.44. The first kappa shape index (κ1) is 9.22.